The summed E-state index contributed by atoms with van der Waals surface area (Å²) in [5.41, 5.74) is 4.58. The zero-order chi connectivity index (χ0) is 17.6. The predicted octanol–water partition coefficient (Wildman–Crippen LogP) is 5.00. The molecule has 0 spiro atoms. The summed E-state index contributed by atoms with van der Waals surface area (Å²) < 4.78 is 11.5. The van der Waals surface area contributed by atoms with Gasteiger partial charge in [-0.05, 0) is 43.5 Å². The number of hydrogen-bond donors (Lipinski definition) is 2. The van der Waals surface area contributed by atoms with E-state index in [0.29, 0.717) is 16.7 Å². The Morgan fingerprint density at radius 2 is 2.12 bits per heavy atom. The standard InChI is InChI=1S/C20H22ClNO3/c1-11-5-6-16-14(8-11)20-13(4-3-7-25-20)18(22-16)12-9-15(21)19(23)17(10-12)24-2/h5-6,8-10,13,18,20,22-23H,3-4,7H2,1-2H3/t13-,18+,20-/m0/s1. The largest absolute Gasteiger partial charge is 0.503 e. The maximum absolute atomic E-state index is 10.0. The molecule has 0 unspecified atom stereocenters. The van der Waals surface area contributed by atoms with Gasteiger partial charge in [-0.25, -0.2) is 0 Å². The highest BCUT2D eigenvalue weighted by Gasteiger charge is 2.40. The molecular weight excluding hydrogens is 338 g/mol. The lowest BCUT2D eigenvalue weighted by molar-refractivity contribution is -0.0381. The molecule has 1 fully saturated rings. The first-order chi connectivity index (χ1) is 12.1. The van der Waals surface area contributed by atoms with Gasteiger partial charge in [-0.15, -0.1) is 0 Å². The van der Waals surface area contributed by atoms with Crippen LogP contribution < -0.4 is 10.1 Å². The van der Waals surface area contributed by atoms with Gasteiger partial charge in [0.15, 0.2) is 11.5 Å². The molecule has 25 heavy (non-hydrogen) atoms. The Kier molecular flexibility index (Phi) is 4.26. The first-order valence-electron chi connectivity index (χ1n) is 8.63. The minimum atomic E-state index is -0.0174. The Hall–Kier alpha value is -1.91. The molecule has 0 saturated carbocycles. The number of phenols is 1. The van der Waals surface area contributed by atoms with Crippen LogP contribution in [0.3, 0.4) is 0 Å². The van der Waals surface area contributed by atoms with E-state index in [2.05, 4.69) is 30.4 Å². The summed E-state index contributed by atoms with van der Waals surface area (Å²) in [6.45, 7) is 2.90. The average molecular weight is 360 g/mol. The second-order valence-electron chi connectivity index (χ2n) is 6.86. The van der Waals surface area contributed by atoms with Crippen LogP contribution >= 0.6 is 11.6 Å². The minimum absolute atomic E-state index is 0.0174. The summed E-state index contributed by atoms with van der Waals surface area (Å²) in [4.78, 5) is 0. The lowest BCUT2D eigenvalue weighted by Crippen LogP contribution is -2.36. The fourth-order valence-electron chi connectivity index (χ4n) is 4.05. The number of rotatable bonds is 2. The number of phenolic OH excluding ortho intramolecular Hbond substituents is 1. The highest BCUT2D eigenvalue weighted by atomic mass is 35.5. The fourth-order valence-corrected chi connectivity index (χ4v) is 4.27. The first-order valence-corrected chi connectivity index (χ1v) is 9.01. The molecule has 4 rings (SSSR count). The van der Waals surface area contributed by atoms with Crippen molar-refractivity contribution in [2.75, 3.05) is 19.0 Å². The van der Waals surface area contributed by atoms with Gasteiger partial charge in [0.25, 0.3) is 0 Å². The molecule has 4 nitrogen and oxygen atoms in total. The Morgan fingerprint density at radius 1 is 1.28 bits per heavy atom. The van der Waals surface area contributed by atoms with Gasteiger partial charge in [-0.1, -0.05) is 29.3 Å². The van der Waals surface area contributed by atoms with Crippen molar-refractivity contribution in [3.05, 3.63) is 52.0 Å². The third kappa shape index (κ3) is 2.83. The van der Waals surface area contributed by atoms with Crippen LogP contribution in [0, 0.1) is 12.8 Å². The number of aryl methyl sites for hydroxylation is 1. The van der Waals surface area contributed by atoms with Crippen molar-refractivity contribution in [3.8, 4) is 11.5 Å². The number of hydrogen-bond acceptors (Lipinski definition) is 4. The third-order valence-electron chi connectivity index (χ3n) is 5.25. The number of methoxy groups -OCH3 is 1. The van der Waals surface area contributed by atoms with Crippen LogP contribution in [-0.4, -0.2) is 18.8 Å². The first kappa shape index (κ1) is 16.6. The second-order valence-corrected chi connectivity index (χ2v) is 7.27. The van der Waals surface area contributed by atoms with Crippen molar-refractivity contribution in [1.29, 1.82) is 0 Å². The lowest BCUT2D eigenvalue weighted by atomic mass is 9.77. The van der Waals surface area contributed by atoms with E-state index >= 15 is 0 Å². The van der Waals surface area contributed by atoms with Gasteiger partial charge in [0.2, 0.25) is 0 Å². The van der Waals surface area contributed by atoms with E-state index in [1.54, 1.807) is 0 Å². The van der Waals surface area contributed by atoms with Crippen LogP contribution in [0.4, 0.5) is 5.69 Å². The number of fused-ring (bicyclic) bond motifs is 3. The van der Waals surface area contributed by atoms with E-state index in [0.717, 1.165) is 30.7 Å². The van der Waals surface area contributed by atoms with Gasteiger partial charge >= 0.3 is 0 Å². The SMILES string of the molecule is COc1cc([C@H]2Nc3ccc(C)cc3[C@H]3OCCC[C@@H]23)cc(Cl)c1O. The molecule has 0 radical (unpaired) electrons. The fraction of sp³-hybridized carbons (Fsp3) is 0.400. The molecule has 132 valence electrons. The van der Waals surface area contributed by atoms with Gasteiger partial charge < -0.3 is 19.9 Å². The zero-order valence-corrected chi connectivity index (χ0v) is 15.1. The highest BCUT2D eigenvalue weighted by molar-refractivity contribution is 6.32. The number of anilines is 1. The minimum Gasteiger partial charge on any atom is -0.503 e. The van der Waals surface area contributed by atoms with Crippen molar-refractivity contribution in [1.82, 2.24) is 0 Å². The van der Waals surface area contributed by atoms with Crippen LogP contribution in [0.25, 0.3) is 0 Å². The maximum atomic E-state index is 10.0. The van der Waals surface area contributed by atoms with Crippen molar-refractivity contribution >= 4 is 17.3 Å². The molecule has 0 aromatic heterocycles. The molecule has 2 aliphatic rings. The summed E-state index contributed by atoms with van der Waals surface area (Å²) in [6.07, 6.45) is 2.20. The van der Waals surface area contributed by atoms with Gasteiger partial charge in [-0.3, -0.25) is 0 Å². The topological polar surface area (TPSA) is 50.7 Å². The third-order valence-corrected chi connectivity index (χ3v) is 5.54. The van der Waals surface area contributed by atoms with Crippen molar-refractivity contribution < 1.29 is 14.6 Å². The van der Waals surface area contributed by atoms with Crippen molar-refractivity contribution in [2.24, 2.45) is 5.92 Å². The van der Waals surface area contributed by atoms with E-state index in [1.165, 1.54) is 18.2 Å². The predicted molar refractivity (Wildman–Crippen MR) is 98.6 cm³/mol. The van der Waals surface area contributed by atoms with Crippen molar-refractivity contribution in [2.45, 2.75) is 31.9 Å². The van der Waals surface area contributed by atoms with E-state index in [9.17, 15) is 5.11 Å². The lowest BCUT2D eigenvalue weighted by Gasteiger charge is -2.43. The van der Waals surface area contributed by atoms with E-state index in [1.807, 2.05) is 12.1 Å². The van der Waals surface area contributed by atoms with E-state index < -0.39 is 0 Å². The van der Waals surface area contributed by atoms with Crippen LogP contribution in [0.15, 0.2) is 30.3 Å². The number of halogens is 1. The normalized spacial score (nSPS) is 24.8. The summed E-state index contributed by atoms with van der Waals surface area (Å²) in [6, 6.07) is 10.2. The average Bonchev–Trinajstić information content (AvgIpc) is 2.63. The molecule has 2 aliphatic heterocycles. The Balaban J connectivity index is 1.80. The molecule has 0 bridgehead atoms. The summed E-state index contributed by atoms with van der Waals surface area (Å²) in [5, 5.41) is 14.0. The Morgan fingerprint density at radius 3 is 2.92 bits per heavy atom. The van der Waals surface area contributed by atoms with Crippen molar-refractivity contribution in [3.63, 3.8) is 0 Å². The van der Waals surface area contributed by atoms with E-state index in [4.69, 9.17) is 21.1 Å². The van der Waals surface area contributed by atoms with Crippen LogP contribution in [-0.2, 0) is 4.74 Å². The van der Waals surface area contributed by atoms with Gasteiger partial charge in [0, 0.05) is 23.8 Å². The van der Waals surface area contributed by atoms with Crippen LogP contribution in [0.5, 0.6) is 11.5 Å². The Labute approximate surface area is 152 Å². The maximum Gasteiger partial charge on any atom is 0.176 e. The summed E-state index contributed by atoms with van der Waals surface area (Å²) in [5.74, 6) is 0.692. The van der Waals surface area contributed by atoms with Gasteiger partial charge in [0.1, 0.15) is 0 Å². The number of benzene rings is 2. The molecule has 1 saturated heterocycles. The molecule has 0 aliphatic carbocycles. The van der Waals surface area contributed by atoms with Crippen LogP contribution in [0.2, 0.25) is 5.02 Å². The quantitative estimate of drug-likeness (QED) is 0.792. The molecule has 2 heterocycles. The molecule has 2 aromatic rings. The highest BCUT2D eigenvalue weighted by Crippen LogP contribution is 2.50. The monoisotopic (exact) mass is 359 g/mol. The smallest absolute Gasteiger partial charge is 0.176 e. The van der Waals surface area contributed by atoms with Gasteiger partial charge in [-0.2, -0.15) is 0 Å². The number of aromatic hydroxyl groups is 1. The number of ether oxygens (including phenoxy) is 2. The molecule has 3 atom stereocenters. The second kappa shape index (κ2) is 6.43. The molecular formula is C20H22ClNO3. The zero-order valence-electron chi connectivity index (χ0n) is 14.4. The number of nitrogens with one attached hydrogen (secondary N) is 1. The molecule has 0 amide bonds. The summed E-state index contributed by atoms with van der Waals surface area (Å²) in [7, 11) is 1.54. The molecule has 2 aromatic carbocycles. The molecule has 5 heteroatoms. The Bertz CT molecular complexity index is 808. The summed E-state index contributed by atoms with van der Waals surface area (Å²) >= 11 is 6.22. The molecule has 2 N–H and O–H groups in total. The van der Waals surface area contributed by atoms with Crippen LogP contribution in [0.1, 0.15) is 41.7 Å². The van der Waals surface area contributed by atoms with E-state index in [-0.39, 0.29) is 17.9 Å². The van der Waals surface area contributed by atoms with Gasteiger partial charge in [0.05, 0.1) is 24.3 Å².